The molecule has 31 heavy (non-hydrogen) atoms. The third-order valence-electron chi connectivity index (χ3n) is 8.31. The Labute approximate surface area is 181 Å². The molecule has 2 saturated heterocycles. The minimum Gasteiger partial charge on any atom is -0.490 e. The van der Waals surface area contributed by atoms with Gasteiger partial charge in [0.1, 0.15) is 11.9 Å². The molecule has 6 heteroatoms. The summed E-state index contributed by atoms with van der Waals surface area (Å²) in [5.41, 5.74) is 4.48. The molecule has 0 bridgehead atoms. The Morgan fingerprint density at radius 3 is 2.68 bits per heavy atom. The Kier molecular flexibility index (Phi) is 3.63. The minimum absolute atomic E-state index is 0.0776. The molecule has 2 N–H and O–H groups in total. The smallest absolute Gasteiger partial charge is 0.272 e. The molecule has 2 aliphatic carbocycles. The van der Waals surface area contributed by atoms with Crippen LogP contribution in [0.15, 0.2) is 42.5 Å². The molecule has 3 aromatic rings. The predicted octanol–water partition coefficient (Wildman–Crippen LogP) is 3.08. The lowest BCUT2D eigenvalue weighted by Crippen LogP contribution is -2.64. The molecule has 7 rings (SSSR count). The van der Waals surface area contributed by atoms with Crippen molar-refractivity contribution in [1.29, 1.82) is 0 Å². The summed E-state index contributed by atoms with van der Waals surface area (Å²) >= 11 is 0. The van der Waals surface area contributed by atoms with Gasteiger partial charge >= 0.3 is 0 Å². The van der Waals surface area contributed by atoms with E-state index < -0.39 is 0 Å². The zero-order valence-electron chi connectivity index (χ0n) is 17.4. The molecular formula is C25H26N4O2. The number of nitrogens with zero attached hydrogens (tertiary/aromatic N) is 2. The van der Waals surface area contributed by atoms with Crippen LogP contribution in [-0.2, 0) is 12.8 Å². The molecule has 1 saturated carbocycles. The molecule has 0 radical (unpaired) electrons. The Bertz CT molecular complexity index is 1170. The Morgan fingerprint density at radius 1 is 1.16 bits per heavy atom. The number of nitrogens with one attached hydrogen (secondary N) is 2. The average molecular weight is 415 g/mol. The summed E-state index contributed by atoms with van der Waals surface area (Å²) in [6.07, 6.45) is 5.80. The zero-order chi connectivity index (χ0) is 20.6. The number of fused-ring (bicyclic) bond motifs is 2. The summed E-state index contributed by atoms with van der Waals surface area (Å²) < 4.78 is 6.30. The average Bonchev–Trinajstić information content (AvgIpc) is 3.36. The number of aromatic amines is 1. The quantitative estimate of drug-likeness (QED) is 0.688. The van der Waals surface area contributed by atoms with Crippen molar-refractivity contribution in [3.05, 3.63) is 59.3 Å². The monoisotopic (exact) mass is 414 g/mol. The molecule has 3 heterocycles. The van der Waals surface area contributed by atoms with Crippen LogP contribution in [0.2, 0.25) is 0 Å². The maximum Gasteiger partial charge on any atom is 0.272 e. The number of hydrogen-bond donors (Lipinski definition) is 2. The van der Waals surface area contributed by atoms with E-state index in [2.05, 4.69) is 44.7 Å². The first-order valence-electron chi connectivity index (χ1n) is 11.5. The molecule has 3 unspecified atom stereocenters. The number of rotatable bonds is 4. The zero-order valence-corrected chi connectivity index (χ0v) is 17.4. The van der Waals surface area contributed by atoms with Crippen LogP contribution < -0.4 is 10.1 Å². The third-order valence-corrected chi connectivity index (χ3v) is 8.31. The van der Waals surface area contributed by atoms with Gasteiger partial charge in [-0.1, -0.05) is 24.3 Å². The Morgan fingerprint density at radius 2 is 2.00 bits per heavy atom. The van der Waals surface area contributed by atoms with E-state index in [0.717, 1.165) is 36.0 Å². The minimum atomic E-state index is -0.0776. The van der Waals surface area contributed by atoms with Gasteiger partial charge in [-0.2, -0.15) is 5.10 Å². The highest BCUT2D eigenvalue weighted by Crippen LogP contribution is 2.57. The van der Waals surface area contributed by atoms with Gasteiger partial charge in [-0.3, -0.25) is 14.8 Å². The van der Waals surface area contributed by atoms with Crippen LogP contribution in [0.5, 0.6) is 5.75 Å². The third kappa shape index (κ3) is 2.54. The lowest BCUT2D eigenvalue weighted by molar-refractivity contribution is -0.0676. The van der Waals surface area contributed by atoms with E-state index >= 15 is 0 Å². The van der Waals surface area contributed by atoms with E-state index in [9.17, 15) is 4.79 Å². The van der Waals surface area contributed by atoms with Crippen molar-refractivity contribution in [2.24, 2.45) is 5.92 Å². The number of carbonyl (C=O) groups excluding carboxylic acids is 1. The van der Waals surface area contributed by atoms with E-state index in [1.54, 1.807) is 0 Å². The van der Waals surface area contributed by atoms with Crippen molar-refractivity contribution in [2.45, 2.75) is 49.8 Å². The van der Waals surface area contributed by atoms with E-state index in [0.29, 0.717) is 17.2 Å². The molecule has 2 aliphatic heterocycles. The molecule has 4 aliphatic rings. The van der Waals surface area contributed by atoms with Crippen LogP contribution in [0.4, 0.5) is 0 Å². The Hall–Kier alpha value is -2.86. The lowest BCUT2D eigenvalue weighted by atomic mass is 9.61. The maximum absolute atomic E-state index is 13.1. The van der Waals surface area contributed by atoms with Gasteiger partial charge in [0.2, 0.25) is 0 Å². The van der Waals surface area contributed by atoms with Crippen molar-refractivity contribution >= 4 is 16.8 Å². The van der Waals surface area contributed by atoms with E-state index in [4.69, 9.17) is 4.74 Å². The van der Waals surface area contributed by atoms with Gasteiger partial charge in [-0.25, -0.2) is 0 Å². The summed E-state index contributed by atoms with van der Waals surface area (Å²) in [5.74, 6) is 1.33. The fraction of sp³-hybridized carbons (Fsp3) is 0.440. The van der Waals surface area contributed by atoms with Crippen LogP contribution >= 0.6 is 0 Å². The Balaban J connectivity index is 1.10. The number of H-pyrrole nitrogens is 1. The number of aromatic nitrogens is 2. The molecule has 1 amide bonds. The van der Waals surface area contributed by atoms with Gasteiger partial charge in [0.15, 0.2) is 5.69 Å². The van der Waals surface area contributed by atoms with Crippen molar-refractivity contribution < 1.29 is 9.53 Å². The number of benzene rings is 2. The van der Waals surface area contributed by atoms with Gasteiger partial charge < -0.3 is 10.1 Å². The summed E-state index contributed by atoms with van der Waals surface area (Å²) in [6.45, 7) is 2.16. The SMILES string of the molecule is O=C(NC1CN2CCC23CCC13)c1n[nH]c2ccc(OC3Cc4ccccc4C3)cc12. The lowest BCUT2D eigenvalue weighted by Gasteiger charge is -2.58. The highest BCUT2D eigenvalue weighted by atomic mass is 16.5. The summed E-state index contributed by atoms with van der Waals surface area (Å²) in [5, 5.41) is 11.5. The predicted molar refractivity (Wildman–Crippen MR) is 117 cm³/mol. The van der Waals surface area contributed by atoms with Crippen LogP contribution in [0.25, 0.3) is 10.9 Å². The molecule has 158 valence electrons. The number of amides is 1. The highest BCUT2D eigenvalue weighted by molar-refractivity contribution is 6.05. The van der Waals surface area contributed by atoms with Crippen molar-refractivity contribution in [2.75, 3.05) is 13.1 Å². The van der Waals surface area contributed by atoms with Crippen molar-refractivity contribution in [1.82, 2.24) is 20.4 Å². The molecular weight excluding hydrogens is 388 g/mol. The van der Waals surface area contributed by atoms with Crippen molar-refractivity contribution in [3.8, 4) is 5.75 Å². The van der Waals surface area contributed by atoms with Gasteiger partial charge in [0, 0.05) is 42.9 Å². The summed E-state index contributed by atoms with van der Waals surface area (Å²) in [7, 11) is 0. The first-order chi connectivity index (χ1) is 15.2. The van der Waals surface area contributed by atoms with Gasteiger partial charge in [0.25, 0.3) is 5.91 Å². The standard InChI is InChI=1S/C25H26N4O2/c30-24(26-22-14-29-10-9-25(29)8-7-20(22)25)23-19-13-17(5-6-21(19)27-28-23)31-18-11-15-3-1-2-4-16(15)12-18/h1-6,13,18,20,22H,7-12,14H2,(H,26,30)(H,27,28). The second-order valence-electron chi connectivity index (χ2n) is 9.72. The number of ether oxygens (including phenoxy) is 1. The van der Waals surface area contributed by atoms with Crippen LogP contribution in [0, 0.1) is 5.92 Å². The molecule has 3 atom stereocenters. The van der Waals surface area contributed by atoms with Crippen LogP contribution in [0.1, 0.15) is 40.9 Å². The van der Waals surface area contributed by atoms with Gasteiger partial charge in [-0.15, -0.1) is 0 Å². The summed E-state index contributed by atoms with van der Waals surface area (Å²) in [4.78, 5) is 15.7. The fourth-order valence-electron chi connectivity index (χ4n) is 6.53. The van der Waals surface area contributed by atoms with E-state index in [1.165, 1.54) is 36.9 Å². The molecule has 1 aromatic heterocycles. The van der Waals surface area contributed by atoms with Gasteiger partial charge in [0.05, 0.1) is 5.52 Å². The first kappa shape index (κ1) is 17.8. The molecule has 2 aromatic carbocycles. The molecule has 3 fully saturated rings. The van der Waals surface area contributed by atoms with Gasteiger partial charge in [-0.05, 0) is 54.5 Å². The van der Waals surface area contributed by atoms with Crippen molar-refractivity contribution in [3.63, 3.8) is 0 Å². The first-order valence-corrected chi connectivity index (χ1v) is 11.5. The van der Waals surface area contributed by atoms with E-state index in [-0.39, 0.29) is 18.1 Å². The fourth-order valence-corrected chi connectivity index (χ4v) is 6.53. The normalized spacial score (nSPS) is 29.0. The highest BCUT2D eigenvalue weighted by Gasteiger charge is 2.63. The second kappa shape index (κ2) is 6.33. The second-order valence-corrected chi connectivity index (χ2v) is 9.72. The molecule has 1 spiro atoms. The topological polar surface area (TPSA) is 70.2 Å². The largest absolute Gasteiger partial charge is 0.490 e. The van der Waals surface area contributed by atoms with E-state index in [1.807, 2.05) is 18.2 Å². The summed E-state index contributed by atoms with van der Waals surface area (Å²) in [6, 6.07) is 14.7. The number of carbonyl (C=O) groups is 1. The molecule has 6 nitrogen and oxygen atoms in total. The van der Waals surface area contributed by atoms with Crippen LogP contribution in [-0.4, -0.2) is 51.8 Å². The maximum atomic E-state index is 13.1. The van der Waals surface area contributed by atoms with Crippen LogP contribution in [0.3, 0.4) is 0 Å². The number of hydrogen-bond acceptors (Lipinski definition) is 4.